The fourth-order valence-electron chi connectivity index (χ4n) is 2.00. The van der Waals surface area contributed by atoms with E-state index in [1.807, 2.05) is 18.5 Å². The second kappa shape index (κ2) is 6.99. The number of aliphatic hydroxyl groups excluding tert-OH is 1. The van der Waals surface area contributed by atoms with E-state index in [2.05, 4.69) is 11.8 Å². The smallest absolute Gasteiger partial charge is 0.235 e. The van der Waals surface area contributed by atoms with Crippen LogP contribution in [0.4, 0.5) is 0 Å². The lowest BCUT2D eigenvalue weighted by molar-refractivity contribution is -0.129. The third kappa shape index (κ3) is 4.00. The van der Waals surface area contributed by atoms with Gasteiger partial charge in [-0.3, -0.25) is 4.79 Å². The highest BCUT2D eigenvalue weighted by Gasteiger charge is 2.26. The number of hydrogen-bond acceptors (Lipinski definition) is 4. The molecule has 1 aromatic rings. The first kappa shape index (κ1) is 14.4. The molecule has 0 aliphatic carbocycles. The first-order valence-corrected chi connectivity index (χ1v) is 8.17. The molecular weight excluding hydrogens is 278 g/mol. The molecule has 0 bridgehead atoms. The Morgan fingerprint density at radius 2 is 2.47 bits per heavy atom. The average molecular weight is 295 g/mol. The van der Waals surface area contributed by atoms with Gasteiger partial charge in [-0.25, -0.2) is 0 Å². The summed E-state index contributed by atoms with van der Waals surface area (Å²) >= 11 is 3.37. The minimum absolute atomic E-state index is 0.123. The molecule has 1 aliphatic rings. The van der Waals surface area contributed by atoms with Gasteiger partial charge in [0.15, 0.2) is 0 Å². The first-order valence-electron chi connectivity index (χ1n) is 6.24. The van der Waals surface area contributed by atoms with Crippen LogP contribution in [0.15, 0.2) is 11.4 Å². The van der Waals surface area contributed by atoms with Crippen LogP contribution in [-0.2, 0) is 11.3 Å². The summed E-state index contributed by atoms with van der Waals surface area (Å²) in [4.78, 5) is 15.1. The fourth-order valence-corrected chi connectivity index (χ4v) is 4.14. The topological polar surface area (TPSA) is 40.5 Å². The van der Waals surface area contributed by atoms with Crippen molar-refractivity contribution in [3.8, 4) is 11.8 Å². The molecule has 1 saturated heterocycles. The van der Waals surface area contributed by atoms with E-state index in [-0.39, 0.29) is 17.8 Å². The van der Waals surface area contributed by atoms with Gasteiger partial charge in [0.25, 0.3) is 0 Å². The van der Waals surface area contributed by atoms with Gasteiger partial charge in [-0.2, -0.15) is 0 Å². The van der Waals surface area contributed by atoms with Crippen LogP contribution in [0.1, 0.15) is 23.3 Å². The van der Waals surface area contributed by atoms with Crippen molar-refractivity contribution in [1.29, 1.82) is 0 Å². The Kier molecular flexibility index (Phi) is 5.32. The zero-order valence-electron chi connectivity index (χ0n) is 10.9. The number of thioether (sulfide) groups is 1. The third-order valence-corrected chi connectivity index (χ3v) is 5.23. The SMILES string of the molecule is CN(Cc1cc(C#CCO)cs1)C(=O)C1CCCS1. The predicted octanol–water partition coefficient (Wildman–Crippen LogP) is 1.95. The van der Waals surface area contributed by atoms with E-state index in [0.717, 1.165) is 29.0 Å². The Balaban J connectivity index is 1.92. The summed E-state index contributed by atoms with van der Waals surface area (Å²) in [6, 6.07) is 1.99. The highest BCUT2D eigenvalue weighted by molar-refractivity contribution is 8.00. The number of thiophene rings is 1. The van der Waals surface area contributed by atoms with Crippen LogP contribution in [0.2, 0.25) is 0 Å². The zero-order chi connectivity index (χ0) is 13.7. The van der Waals surface area contributed by atoms with Crippen molar-refractivity contribution in [3.63, 3.8) is 0 Å². The third-order valence-electron chi connectivity index (χ3n) is 2.94. The molecule has 2 heterocycles. The molecule has 19 heavy (non-hydrogen) atoms. The molecule has 102 valence electrons. The van der Waals surface area contributed by atoms with E-state index in [0.29, 0.717) is 6.54 Å². The maximum atomic E-state index is 12.2. The summed E-state index contributed by atoms with van der Waals surface area (Å²) in [6.07, 6.45) is 2.15. The van der Waals surface area contributed by atoms with Crippen LogP contribution in [0, 0.1) is 11.8 Å². The van der Waals surface area contributed by atoms with Gasteiger partial charge in [0.1, 0.15) is 6.61 Å². The second-order valence-corrected chi connectivity index (χ2v) is 6.76. The lowest BCUT2D eigenvalue weighted by Gasteiger charge is -2.19. The van der Waals surface area contributed by atoms with E-state index < -0.39 is 0 Å². The largest absolute Gasteiger partial charge is 0.384 e. The number of rotatable bonds is 3. The number of hydrogen-bond donors (Lipinski definition) is 1. The molecule has 0 radical (unpaired) electrons. The molecule has 1 N–H and O–H groups in total. The van der Waals surface area contributed by atoms with Crippen LogP contribution in [0.3, 0.4) is 0 Å². The standard InChI is InChI=1S/C14H17NO2S2/c1-15(14(17)13-5-3-7-18-13)9-12-8-11(10-19-12)4-2-6-16/h8,10,13,16H,3,5-7,9H2,1H3. The molecule has 0 spiro atoms. The predicted molar refractivity (Wildman–Crippen MR) is 80.2 cm³/mol. The Bertz CT molecular complexity index is 495. The van der Waals surface area contributed by atoms with E-state index in [4.69, 9.17) is 5.11 Å². The van der Waals surface area contributed by atoms with Crippen molar-refractivity contribution in [3.05, 3.63) is 21.9 Å². The van der Waals surface area contributed by atoms with E-state index in [1.165, 1.54) is 0 Å². The lowest BCUT2D eigenvalue weighted by Crippen LogP contribution is -2.32. The van der Waals surface area contributed by atoms with Crippen molar-refractivity contribution in [2.24, 2.45) is 0 Å². The highest BCUT2D eigenvalue weighted by atomic mass is 32.2. The number of carbonyl (C=O) groups is 1. The van der Waals surface area contributed by atoms with Crippen molar-refractivity contribution in [2.75, 3.05) is 19.4 Å². The Hall–Kier alpha value is -0.960. The van der Waals surface area contributed by atoms with Crippen LogP contribution in [-0.4, -0.2) is 40.6 Å². The maximum absolute atomic E-state index is 12.2. The molecule has 1 fully saturated rings. The Morgan fingerprint density at radius 3 is 3.16 bits per heavy atom. The molecule has 1 aliphatic heterocycles. The van der Waals surface area contributed by atoms with Crippen LogP contribution in [0.25, 0.3) is 0 Å². The van der Waals surface area contributed by atoms with Gasteiger partial charge in [0.2, 0.25) is 5.91 Å². The van der Waals surface area contributed by atoms with E-state index in [1.54, 1.807) is 28.0 Å². The minimum Gasteiger partial charge on any atom is -0.384 e. The zero-order valence-corrected chi connectivity index (χ0v) is 12.5. The maximum Gasteiger partial charge on any atom is 0.235 e. The Morgan fingerprint density at radius 1 is 1.63 bits per heavy atom. The average Bonchev–Trinajstić information content (AvgIpc) is 3.06. The molecule has 0 aromatic carbocycles. The number of amides is 1. The van der Waals surface area contributed by atoms with Gasteiger partial charge >= 0.3 is 0 Å². The summed E-state index contributed by atoms with van der Waals surface area (Å²) in [5.41, 5.74) is 0.908. The summed E-state index contributed by atoms with van der Waals surface area (Å²) in [5.74, 6) is 6.84. The van der Waals surface area contributed by atoms with Crippen LogP contribution < -0.4 is 0 Å². The van der Waals surface area contributed by atoms with Crippen molar-refractivity contribution in [2.45, 2.75) is 24.6 Å². The minimum atomic E-state index is -0.123. The normalized spacial score (nSPS) is 17.9. The molecule has 1 aromatic heterocycles. The molecule has 1 amide bonds. The molecule has 3 nitrogen and oxygen atoms in total. The molecule has 0 saturated carbocycles. The van der Waals surface area contributed by atoms with E-state index in [9.17, 15) is 4.79 Å². The monoisotopic (exact) mass is 295 g/mol. The lowest BCUT2D eigenvalue weighted by atomic mass is 10.2. The summed E-state index contributed by atoms with van der Waals surface area (Å²) in [5, 5.41) is 10.8. The summed E-state index contributed by atoms with van der Waals surface area (Å²) in [7, 11) is 1.86. The van der Waals surface area contributed by atoms with Crippen molar-refractivity contribution in [1.82, 2.24) is 4.90 Å². The van der Waals surface area contributed by atoms with Gasteiger partial charge in [0.05, 0.1) is 11.8 Å². The molecule has 1 atom stereocenters. The Labute approximate surface area is 122 Å². The second-order valence-electron chi connectivity index (χ2n) is 4.46. The molecular formula is C14H17NO2S2. The number of nitrogens with zero attached hydrogens (tertiary/aromatic N) is 1. The van der Waals surface area contributed by atoms with Crippen molar-refractivity contribution >= 4 is 29.0 Å². The van der Waals surface area contributed by atoms with Crippen LogP contribution >= 0.6 is 23.1 Å². The van der Waals surface area contributed by atoms with Gasteiger partial charge < -0.3 is 10.0 Å². The summed E-state index contributed by atoms with van der Waals surface area (Å²) < 4.78 is 0. The molecule has 2 rings (SSSR count). The van der Waals surface area contributed by atoms with Crippen LogP contribution in [0.5, 0.6) is 0 Å². The van der Waals surface area contributed by atoms with Gasteiger partial charge in [-0.15, -0.1) is 23.1 Å². The molecule has 5 heteroatoms. The van der Waals surface area contributed by atoms with Gasteiger partial charge in [0, 0.05) is 22.9 Å². The van der Waals surface area contributed by atoms with Gasteiger partial charge in [-0.05, 0) is 24.7 Å². The number of aliphatic hydroxyl groups is 1. The fraction of sp³-hybridized carbons (Fsp3) is 0.500. The summed E-state index contributed by atoms with van der Waals surface area (Å²) in [6.45, 7) is 0.518. The van der Waals surface area contributed by atoms with Crippen molar-refractivity contribution < 1.29 is 9.90 Å². The quantitative estimate of drug-likeness (QED) is 0.867. The molecule has 1 unspecified atom stereocenters. The highest BCUT2D eigenvalue weighted by Crippen LogP contribution is 2.28. The first-order chi connectivity index (χ1) is 9.20. The van der Waals surface area contributed by atoms with Gasteiger partial charge in [-0.1, -0.05) is 11.8 Å². The van der Waals surface area contributed by atoms with E-state index >= 15 is 0 Å². The number of carbonyl (C=O) groups excluding carboxylic acids is 1.